The Bertz CT molecular complexity index is 1490. The van der Waals surface area contributed by atoms with Crippen LogP contribution in [-0.2, 0) is 9.53 Å². The standard InChI is InChI=1S/C25H15BrCl2N2O7/c1-2-35-21-11-13(9-18(26)22(21)36-24(31)14-3-5-15(27)6-4-14)10-20-25(32)37-23(29-20)17-8-7-16(30(33)34)12-19(17)28/h3-12H,2H2,1H3/b20-10-. The van der Waals surface area contributed by atoms with Gasteiger partial charge in [0.25, 0.3) is 5.69 Å². The highest BCUT2D eigenvalue weighted by atomic mass is 79.9. The van der Waals surface area contributed by atoms with E-state index < -0.39 is 16.9 Å². The summed E-state index contributed by atoms with van der Waals surface area (Å²) in [5, 5.41) is 11.4. The zero-order chi connectivity index (χ0) is 26.7. The van der Waals surface area contributed by atoms with Crippen LogP contribution in [0.4, 0.5) is 5.69 Å². The molecule has 37 heavy (non-hydrogen) atoms. The van der Waals surface area contributed by atoms with Crippen LogP contribution in [0.1, 0.15) is 28.4 Å². The van der Waals surface area contributed by atoms with Gasteiger partial charge in [-0.25, -0.2) is 14.6 Å². The Labute approximate surface area is 228 Å². The number of benzene rings is 3. The molecular formula is C25H15BrCl2N2O7. The Morgan fingerprint density at radius 2 is 1.89 bits per heavy atom. The number of nitrogens with zero attached hydrogens (tertiary/aromatic N) is 2. The van der Waals surface area contributed by atoms with E-state index in [0.717, 1.165) is 6.07 Å². The minimum atomic E-state index is -0.739. The van der Waals surface area contributed by atoms with Crippen molar-refractivity contribution in [2.45, 2.75) is 6.92 Å². The number of nitro benzene ring substituents is 1. The number of rotatable bonds is 7. The molecule has 12 heteroatoms. The normalized spacial score (nSPS) is 13.8. The predicted octanol–water partition coefficient (Wildman–Crippen LogP) is 6.63. The van der Waals surface area contributed by atoms with Crippen LogP contribution < -0.4 is 9.47 Å². The average molecular weight is 606 g/mol. The van der Waals surface area contributed by atoms with Crippen molar-refractivity contribution in [3.63, 3.8) is 0 Å². The molecule has 0 unspecified atom stereocenters. The SMILES string of the molecule is CCOc1cc(/C=C2\N=C(c3ccc([N+](=O)[O-])cc3Cl)OC2=O)cc(Br)c1OC(=O)c1ccc(Cl)cc1. The van der Waals surface area contributed by atoms with E-state index in [1.165, 1.54) is 30.3 Å². The Morgan fingerprint density at radius 3 is 2.54 bits per heavy atom. The van der Waals surface area contributed by atoms with Crippen molar-refractivity contribution in [3.8, 4) is 11.5 Å². The summed E-state index contributed by atoms with van der Waals surface area (Å²) in [4.78, 5) is 39.6. The van der Waals surface area contributed by atoms with Crippen molar-refractivity contribution in [2.75, 3.05) is 6.61 Å². The van der Waals surface area contributed by atoms with Crippen LogP contribution in [0.3, 0.4) is 0 Å². The summed E-state index contributed by atoms with van der Waals surface area (Å²) in [6.07, 6.45) is 1.45. The summed E-state index contributed by atoms with van der Waals surface area (Å²) in [6, 6.07) is 13.1. The van der Waals surface area contributed by atoms with Crippen LogP contribution in [0.25, 0.3) is 6.08 Å². The summed E-state index contributed by atoms with van der Waals surface area (Å²) in [7, 11) is 0. The number of cyclic esters (lactones) is 1. The van der Waals surface area contributed by atoms with Crippen LogP contribution in [0.2, 0.25) is 10.0 Å². The van der Waals surface area contributed by atoms with Gasteiger partial charge in [-0.1, -0.05) is 23.2 Å². The quantitative estimate of drug-likeness (QED) is 0.0975. The van der Waals surface area contributed by atoms with E-state index in [9.17, 15) is 19.7 Å². The molecule has 3 aromatic rings. The number of hydrogen-bond donors (Lipinski definition) is 0. The molecule has 0 fully saturated rings. The lowest BCUT2D eigenvalue weighted by Crippen LogP contribution is -2.10. The number of nitro groups is 1. The first-order chi connectivity index (χ1) is 17.7. The maximum atomic E-state index is 12.6. The zero-order valence-corrected chi connectivity index (χ0v) is 22.0. The van der Waals surface area contributed by atoms with Gasteiger partial charge in [0.1, 0.15) is 0 Å². The fraction of sp³-hybridized carbons (Fsp3) is 0.0800. The summed E-state index contributed by atoms with van der Waals surface area (Å²) in [6.45, 7) is 2.05. The van der Waals surface area contributed by atoms with E-state index in [1.807, 2.05) is 0 Å². The highest BCUT2D eigenvalue weighted by molar-refractivity contribution is 9.10. The van der Waals surface area contributed by atoms with E-state index in [0.29, 0.717) is 20.6 Å². The molecule has 0 atom stereocenters. The summed E-state index contributed by atoms with van der Waals surface area (Å²) >= 11 is 15.4. The van der Waals surface area contributed by atoms with Crippen molar-refractivity contribution < 1.29 is 28.7 Å². The van der Waals surface area contributed by atoms with Gasteiger partial charge >= 0.3 is 11.9 Å². The molecule has 4 rings (SSSR count). The van der Waals surface area contributed by atoms with Gasteiger partial charge in [0.2, 0.25) is 5.90 Å². The second-order valence-corrected chi connectivity index (χ2v) is 9.11. The zero-order valence-electron chi connectivity index (χ0n) is 18.9. The largest absolute Gasteiger partial charge is 0.490 e. The maximum absolute atomic E-state index is 12.6. The van der Waals surface area contributed by atoms with Crippen LogP contribution >= 0.6 is 39.1 Å². The van der Waals surface area contributed by atoms with Crippen molar-refractivity contribution in [1.82, 2.24) is 0 Å². The summed E-state index contributed by atoms with van der Waals surface area (Å²) in [5.41, 5.74) is 0.771. The summed E-state index contributed by atoms with van der Waals surface area (Å²) < 4.78 is 16.8. The molecule has 3 aromatic carbocycles. The van der Waals surface area contributed by atoms with Crippen LogP contribution in [0.15, 0.2) is 69.8 Å². The van der Waals surface area contributed by atoms with Crippen LogP contribution in [-0.4, -0.2) is 29.4 Å². The third-order valence-corrected chi connectivity index (χ3v) is 6.08. The Hall–Kier alpha value is -3.73. The van der Waals surface area contributed by atoms with E-state index >= 15 is 0 Å². The molecule has 0 amide bonds. The monoisotopic (exact) mass is 604 g/mol. The van der Waals surface area contributed by atoms with Gasteiger partial charge in [-0.05, 0) is 77.0 Å². The Morgan fingerprint density at radius 1 is 1.16 bits per heavy atom. The maximum Gasteiger partial charge on any atom is 0.363 e. The molecule has 0 radical (unpaired) electrons. The first kappa shape index (κ1) is 26.3. The lowest BCUT2D eigenvalue weighted by atomic mass is 10.1. The van der Waals surface area contributed by atoms with E-state index in [4.69, 9.17) is 37.4 Å². The van der Waals surface area contributed by atoms with Gasteiger partial charge < -0.3 is 14.2 Å². The number of ether oxygens (including phenoxy) is 3. The predicted molar refractivity (Wildman–Crippen MR) is 140 cm³/mol. The number of non-ortho nitro benzene ring substituents is 1. The number of carbonyl (C=O) groups excluding carboxylic acids is 2. The fourth-order valence-electron chi connectivity index (χ4n) is 3.24. The van der Waals surface area contributed by atoms with Crippen LogP contribution in [0, 0.1) is 10.1 Å². The van der Waals surface area contributed by atoms with E-state index in [1.54, 1.807) is 31.2 Å². The fourth-order valence-corrected chi connectivity index (χ4v) is 4.17. The van der Waals surface area contributed by atoms with E-state index in [2.05, 4.69) is 20.9 Å². The number of hydrogen-bond acceptors (Lipinski definition) is 8. The molecule has 0 spiro atoms. The Kier molecular flexibility index (Phi) is 7.91. The van der Waals surface area contributed by atoms with Gasteiger partial charge in [0.15, 0.2) is 17.2 Å². The first-order valence-electron chi connectivity index (χ1n) is 10.6. The first-order valence-corrected chi connectivity index (χ1v) is 12.1. The number of carbonyl (C=O) groups is 2. The minimum Gasteiger partial charge on any atom is -0.490 e. The highest BCUT2D eigenvalue weighted by Crippen LogP contribution is 2.38. The smallest absolute Gasteiger partial charge is 0.363 e. The second-order valence-electron chi connectivity index (χ2n) is 7.42. The molecule has 1 aliphatic heterocycles. The molecule has 0 saturated heterocycles. The molecular weight excluding hydrogens is 591 g/mol. The van der Waals surface area contributed by atoms with Gasteiger partial charge in [-0.15, -0.1) is 0 Å². The summed E-state index contributed by atoms with van der Waals surface area (Å²) in [5.74, 6) is -1.04. The molecule has 0 saturated carbocycles. The third kappa shape index (κ3) is 5.99. The van der Waals surface area contributed by atoms with Crippen molar-refractivity contribution in [1.29, 1.82) is 0 Å². The molecule has 0 bridgehead atoms. The lowest BCUT2D eigenvalue weighted by Gasteiger charge is -2.13. The van der Waals surface area contributed by atoms with Crippen molar-refractivity contribution in [2.24, 2.45) is 4.99 Å². The number of esters is 2. The van der Waals surface area contributed by atoms with Crippen molar-refractivity contribution >= 4 is 68.7 Å². The van der Waals surface area contributed by atoms with Crippen molar-refractivity contribution in [3.05, 3.63) is 102 Å². The topological polar surface area (TPSA) is 117 Å². The molecule has 9 nitrogen and oxygen atoms in total. The average Bonchev–Trinajstić information content (AvgIpc) is 3.21. The third-order valence-electron chi connectivity index (χ3n) is 4.92. The van der Waals surface area contributed by atoms with Gasteiger partial charge in [0.05, 0.1) is 32.2 Å². The van der Waals surface area contributed by atoms with Gasteiger partial charge in [0, 0.05) is 17.2 Å². The number of halogens is 3. The minimum absolute atomic E-state index is 0.00947. The van der Waals surface area contributed by atoms with E-state index in [-0.39, 0.29) is 46.0 Å². The Balaban J connectivity index is 1.64. The molecule has 0 N–H and O–H groups in total. The van der Waals surface area contributed by atoms with Gasteiger partial charge in [-0.2, -0.15) is 0 Å². The lowest BCUT2D eigenvalue weighted by molar-refractivity contribution is -0.384. The van der Waals surface area contributed by atoms with Crippen LogP contribution in [0.5, 0.6) is 11.5 Å². The number of aliphatic imine (C=N–C) groups is 1. The highest BCUT2D eigenvalue weighted by Gasteiger charge is 2.27. The second kappa shape index (κ2) is 11.1. The van der Waals surface area contributed by atoms with Gasteiger partial charge in [-0.3, -0.25) is 10.1 Å². The molecule has 0 aromatic heterocycles. The molecule has 1 heterocycles. The molecule has 1 aliphatic rings. The molecule has 0 aliphatic carbocycles. The molecule has 188 valence electrons.